The van der Waals surface area contributed by atoms with Gasteiger partial charge in [-0.3, -0.25) is 24.3 Å². The molecule has 0 bridgehead atoms. The first-order valence-electron chi connectivity index (χ1n) is 6.77. The van der Waals surface area contributed by atoms with Gasteiger partial charge in [-0.15, -0.1) is 0 Å². The van der Waals surface area contributed by atoms with Crippen molar-refractivity contribution in [1.82, 2.24) is 24.5 Å². The zero-order chi connectivity index (χ0) is 16.3. The average molecular weight is 306 g/mol. The second kappa shape index (κ2) is 6.37. The van der Waals surface area contributed by atoms with Gasteiger partial charge in [0, 0.05) is 33.3 Å². The molecule has 0 atom stereocenters. The Hall–Kier alpha value is -2.71. The van der Waals surface area contributed by atoms with E-state index in [0.29, 0.717) is 18.8 Å². The summed E-state index contributed by atoms with van der Waals surface area (Å²) in [7, 11) is 3.52. The third kappa shape index (κ3) is 3.68. The van der Waals surface area contributed by atoms with Crippen molar-refractivity contribution >= 4 is 11.6 Å². The molecule has 0 fully saturated rings. The Morgan fingerprint density at radius 2 is 2.18 bits per heavy atom. The summed E-state index contributed by atoms with van der Waals surface area (Å²) in [6.07, 6.45) is 3.39. The zero-order valence-corrected chi connectivity index (χ0v) is 12.8. The molecule has 9 nitrogen and oxygen atoms in total. The van der Waals surface area contributed by atoms with Crippen molar-refractivity contribution in [2.75, 3.05) is 7.05 Å². The number of hydrogen-bond acceptors (Lipinski definition) is 5. The summed E-state index contributed by atoms with van der Waals surface area (Å²) in [6, 6.07) is 1.85. The third-order valence-corrected chi connectivity index (χ3v) is 3.27. The van der Waals surface area contributed by atoms with Crippen LogP contribution in [0.4, 0.5) is 5.69 Å². The first-order valence-corrected chi connectivity index (χ1v) is 6.77. The number of carbonyl (C=O) groups excluding carboxylic acids is 1. The summed E-state index contributed by atoms with van der Waals surface area (Å²) < 4.78 is 3.11. The standard InChI is InChI=1S/C13H18N6O3/c1-10-12(19(21)22)9-18(14-10)7-5-13(20)16(2)8-11-4-6-17(3)15-11/h4,6,9H,5,7-8H2,1-3H3. The number of carbonyl (C=O) groups is 1. The smallest absolute Gasteiger partial charge is 0.309 e. The van der Waals surface area contributed by atoms with E-state index in [2.05, 4.69) is 10.2 Å². The van der Waals surface area contributed by atoms with Crippen molar-refractivity contribution in [3.8, 4) is 0 Å². The molecular formula is C13H18N6O3. The maximum Gasteiger partial charge on any atom is 0.309 e. The van der Waals surface area contributed by atoms with Gasteiger partial charge < -0.3 is 4.90 Å². The Kier molecular flexibility index (Phi) is 4.54. The SMILES string of the molecule is Cc1nn(CCC(=O)N(C)Cc2ccn(C)n2)cc1[N+](=O)[O-]. The van der Waals surface area contributed by atoms with Gasteiger partial charge in [0.2, 0.25) is 5.91 Å². The highest BCUT2D eigenvalue weighted by atomic mass is 16.6. The average Bonchev–Trinajstić information content (AvgIpc) is 3.02. The molecule has 9 heteroatoms. The molecule has 0 aliphatic rings. The highest BCUT2D eigenvalue weighted by Gasteiger charge is 2.16. The van der Waals surface area contributed by atoms with E-state index in [1.54, 1.807) is 23.6 Å². The van der Waals surface area contributed by atoms with Gasteiger partial charge >= 0.3 is 5.69 Å². The predicted octanol–water partition coefficient (Wildman–Crippen LogP) is 0.882. The van der Waals surface area contributed by atoms with Crippen molar-refractivity contribution in [3.05, 3.63) is 40.0 Å². The van der Waals surface area contributed by atoms with Gasteiger partial charge in [-0.2, -0.15) is 10.2 Å². The van der Waals surface area contributed by atoms with Gasteiger partial charge in [0.05, 0.1) is 17.2 Å². The molecule has 0 unspecified atom stereocenters. The molecule has 1 amide bonds. The molecule has 0 N–H and O–H groups in total. The van der Waals surface area contributed by atoms with Crippen LogP contribution in [0.15, 0.2) is 18.5 Å². The topological polar surface area (TPSA) is 99.1 Å². The van der Waals surface area contributed by atoms with Crippen molar-refractivity contribution in [2.45, 2.75) is 26.4 Å². The predicted molar refractivity (Wildman–Crippen MR) is 77.9 cm³/mol. The lowest BCUT2D eigenvalue weighted by molar-refractivity contribution is -0.385. The van der Waals surface area contributed by atoms with Gasteiger partial charge in [-0.25, -0.2) is 0 Å². The maximum atomic E-state index is 12.1. The van der Waals surface area contributed by atoms with E-state index in [9.17, 15) is 14.9 Å². The molecule has 118 valence electrons. The van der Waals surface area contributed by atoms with Crippen LogP contribution >= 0.6 is 0 Å². The van der Waals surface area contributed by atoms with E-state index in [-0.39, 0.29) is 18.0 Å². The minimum Gasteiger partial charge on any atom is -0.340 e. The number of aromatic nitrogens is 4. The fourth-order valence-electron chi connectivity index (χ4n) is 2.08. The summed E-state index contributed by atoms with van der Waals surface area (Å²) in [5.74, 6) is -0.0681. The number of amides is 1. The summed E-state index contributed by atoms with van der Waals surface area (Å²) in [5.41, 5.74) is 1.12. The van der Waals surface area contributed by atoms with Gasteiger partial charge in [-0.05, 0) is 13.0 Å². The minimum atomic E-state index is -0.478. The summed E-state index contributed by atoms with van der Waals surface area (Å²) in [4.78, 5) is 23.9. The Morgan fingerprint density at radius 1 is 1.45 bits per heavy atom. The van der Waals surface area contributed by atoms with E-state index in [4.69, 9.17) is 0 Å². The van der Waals surface area contributed by atoms with Crippen molar-refractivity contribution in [3.63, 3.8) is 0 Å². The van der Waals surface area contributed by atoms with E-state index in [0.717, 1.165) is 5.69 Å². The molecule has 2 heterocycles. The zero-order valence-electron chi connectivity index (χ0n) is 12.8. The lowest BCUT2D eigenvalue weighted by Crippen LogP contribution is -2.27. The quantitative estimate of drug-likeness (QED) is 0.582. The number of nitro groups is 1. The third-order valence-electron chi connectivity index (χ3n) is 3.27. The van der Waals surface area contributed by atoms with Gasteiger partial charge in [0.15, 0.2) is 0 Å². The first kappa shape index (κ1) is 15.7. The largest absolute Gasteiger partial charge is 0.340 e. The van der Waals surface area contributed by atoms with Crippen LogP contribution in [0.2, 0.25) is 0 Å². The molecule has 0 saturated heterocycles. The lowest BCUT2D eigenvalue weighted by Gasteiger charge is -2.15. The second-order valence-electron chi connectivity index (χ2n) is 5.10. The fourth-order valence-corrected chi connectivity index (χ4v) is 2.08. The van der Waals surface area contributed by atoms with Crippen LogP contribution < -0.4 is 0 Å². The van der Waals surface area contributed by atoms with Crippen LogP contribution in [0.3, 0.4) is 0 Å². The fraction of sp³-hybridized carbons (Fsp3) is 0.462. The first-order chi connectivity index (χ1) is 10.4. The highest BCUT2D eigenvalue weighted by Crippen LogP contribution is 2.15. The summed E-state index contributed by atoms with van der Waals surface area (Å²) >= 11 is 0. The molecule has 22 heavy (non-hydrogen) atoms. The molecule has 2 rings (SSSR count). The Balaban J connectivity index is 1.89. The molecule has 0 radical (unpaired) electrons. The number of aryl methyl sites for hydroxylation is 3. The summed E-state index contributed by atoms with van der Waals surface area (Å²) in [6.45, 7) is 2.31. The normalized spacial score (nSPS) is 10.7. The van der Waals surface area contributed by atoms with Gasteiger partial charge in [0.1, 0.15) is 11.9 Å². The molecular weight excluding hydrogens is 288 g/mol. The van der Waals surface area contributed by atoms with Crippen LogP contribution in [0.1, 0.15) is 17.8 Å². The van der Waals surface area contributed by atoms with Crippen LogP contribution in [0.25, 0.3) is 0 Å². The Labute approximate surface area is 127 Å². The Bertz CT molecular complexity index is 690. The maximum absolute atomic E-state index is 12.1. The number of hydrogen-bond donors (Lipinski definition) is 0. The summed E-state index contributed by atoms with van der Waals surface area (Å²) in [5, 5.41) is 19.0. The van der Waals surface area contributed by atoms with Gasteiger partial charge in [0.25, 0.3) is 0 Å². The van der Waals surface area contributed by atoms with E-state index in [1.807, 2.05) is 19.3 Å². The van der Waals surface area contributed by atoms with Crippen molar-refractivity contribution < 1.29 is 9.72 Å². The van der Waals surface area contributed by atoms with Crippen LogP contribution in [-0.4, -0.2) is 42.3 Å². The minimum absolute atomic E-state index is 0.0331. The Morgan fingerprint density at radius 3 is 2.73 bits per heavy atom. The second-order valence-corrected chi connectivity index (χ2v) is 5.10. The molecule has 0 aromatic carbocycles. The van der Waals surface area contributed by atoms with Gasteiger partial charge in [-0.1, -0.05) is 0 Å². The van der Waals surface area contributed by atoms with Crippen LogP contribution in [0.5, 0.6) is 0 Å². The molecule has 2 aromatic heterocycles. The lowest BCUT2D eigenvalue weighted by atomic mass is 10.3. The number of nitrogens with zero attached hydrogens (tertiary/aromatic N) is 6. The van der Waals surface area contributed by atoms with Crippen molar-refractivity contribution in [1.29, 1.82) is 0 Å². The van der Waals surface area contributed by atoms with Crippen LogP contribution in [-0.2, 0) is 24.9 Å². The molecule has 0 saturated carbocycles. The molecule has 2 aromatic rings. The number of rotatable bonds is 6. The molecule has 0 spiro atoms. The van der Waals surface area contributed by atoms with E-state index in [1.165, 1.54) is 10.9 Å². The molecule has 0 aliphatic heterocycles. The van der Waals surface area contributed by atoms with E-state index >= 15 is 0 Å². The van der Waals surface area contributed by atoms with Crippen LogP contribution in [0, 0.1) is 17.0 Å². The molecule has 0 aliphatic carbocycles. The monoisotopic (exact) mass is 306 g/mol. The highest BCUT2D eigenvalue weighted by molar-refractivity contribution is 5.75. The van der Waals surface area contributed by atoms with E-state index < -0.39 is 4.92 Å². The van der Waals surface area contributed by atoms with Crippen molar-refractivity contribution in [2.24, 2.45) is 7.05 Å².